The molecular weight excluding hydrogens is 304 g/mol. The van der Waals surface area contributed by atoms with Gasteiger partial charge in [0.2, 0.25) is 5.91 Å². The molecule has 0 bridgehead atoms. The average molecular weight is 322 g/mol. The highest BCUT2D eigenvalue weighted by molar-refractivity contribution is 5.93. The van der Waals surface area contributed by atoms with E-state index in [9.17, 15) is 9.59 Å². The number of amides is 1. The summed E-state index contributed by atoms with van der Waals surface area (Å²) in [6.45, 7) is 0. The highest BCUT2D eigenvalue weighted by Gasteiger charge is 2.08. The molecule has 3 rings (SSSR count). The van der Waals surface area contributed by atoms with Crippen molar-refractivity contribution in [2.24, 2.45) is 0 Å². The molecular formula is C19H18N2O3. The average Bonchev–Trinajstić information content (AvgIpc) is 2.98. The number of fused-ring (bicyclic) bond motifs is 1. The van der Waals surface area contributed by atoms with Crippen molar-refractivity contribution in [3.8, 4) is 0 Å². The smallest absolute Gasteiger partial charge is 0.335 e. The van der Waals surface area contributed by atoms with Crippen molar-refractivity contribution in [3.63, 3.8) is 0 Å². The fourth-order valence-corrected chi connectivity index (χ4v) is 2.73. The van der Waals surface area contributed by atoms with Gasteiger partial charge in [0.05, 0.1) is 5.56 Å². The van der Waals surface area contributed by atoms with Crippen molar-refractivity contribution < 1.29 is 14.7 Å². The summed E-state index contributed by atoms with van der Waals surface area (Å²) in [5, 5.41) is 12.9. The van der Waals surface area contributed by atoms with E-state index in [4.69, 9.17) is 5.11 Å². The minimum Gasteiger partial charge on any atom is -0.478 e. The van der Waals surface area contributed by atoms with Crippen LogP contribution in [0.4, 0.5) is 5.69 Å². The molecule has 0 aliphatic rings. The maximum atomic E-state index is 12.0. The maximum Gasteiger partial charge on any atom is 0.335 e. The number of aromatic nitrogens is 1. The summed E-state index contributed by atoms with van der Waals surface area (Å²) in [6.07, 6.45) is 3.91. The lowest BCUT2D eigenvalue weighted by Gasteiger charge is -2.06. The maximum absolute atomic E-state index is 12.0. The lowest BCUT2D eigenvalue weighted by atomic mass is 10.1. The summed E-state index contributed by atoms with van der Waals surface area (Å²) in [7, 11) is 0. The van der Waals surface area contributed by atoms with Crippen molar-refractivity contribution in [1.82, 2.24) is 4.98 Å². The Labute approximate surface area is 139 Å². The standard InChI is InChI=1S/C19H18N2O3/c22-18(21-15-7-3-5-13(11-15)19(23)24)10-4-6-14-12-20-17-9-2-1-8-16(14)17/h1-3,5,7-9,11-12,20H,4,6,10H2,(H,21,22)(H,23,24). The highest BCUT2D eigenvalue weighted by Crippen LogP contribution is 2.19. The Kier molecular flexibility index (Phi) is 4.61. The molecule has 0 aliphatic carbocycles. The van der Waals surface area contributed by atoms with E-state index in [0.717, 1.165) is 18.4 Å². The Morgan fingerprint density at radius 3 is 2.75 bits per heavy atom. The molecule has 3 N–H and O–H groups in total. The largest absolute Gasteiger partial charge is 0.478 e. The lowest BCUT2D eigenvalue weighted by molar-refractivity contribution is -0.116. The number of aromatic amines is 1. The van der Waals surface area contributed by atoms with Crippen LogP contribution in [0, 0.1) is 0 Å². The first kappa shape index (κ1) is 15.8. The zero-order valence-electron chi connectivity index (χ0n) is 13.1. The number of rotatable bonds is 6. The van der Waals surface area contributed by atoms with E-state index in [2.05, 4.69) is 16.4 Å². The van der Waals surface area contributed by atoms with Gasteiger partial charge >= 0.3 is 5.97 Å². The third-order valence-electron chi connectivity index (χ3n) is 3.92. The van der Waals surface area contributed by atoms with Crippen LogP contribution in [0.1, 0.15) is 28.8 Å². The molecule has 24 heavy (non-hydrogen) atoms. The number of aromatic carboxylic acids is 1. The van der Waals surface area contributed by atoms with E-state index in [1.54, 1.807) is 12.1 Å². The number of carboxylic acid groups (broad SMARTS) is 1. The quantitative estimate of drug-likeness (QED) is 0.645. The molecule has 5 nitrogen and oxygen atoms in total. The van der Waals surface area contributed by atoms with E-state index in [1.807, 2.05) is 24.4 Å². The Morgan fingerprint density at radius 2 is 1.92 bits per heavy atom. The van der Waals surface area contributed by atoms with Gasteiger partial charge in [-0.05, 0) is 42.7 Å². The number of para-hydroxylation sites is 1. The van der Waals surface area contributed by atoms with Gasteiger partial charge in [0.15, 0.2) is 0 Å². The summed E-state index contributed by atoms with van der Waals surface area (Å²) in [4.78, 5) is 26.2. The number of nitrogens with one attached hydrogen (secondary N) is 2. The zero-order chi connectivity index (χ0) is 16.9. The Hall–Kier alpha value is -3.08. The molecule has 0 unspecified atom stereocenters. The first-order valence-corrected chi connectivity index (χ1v) is 7.82. The summed E-state index contributed by atoms with van der Waals surface area (Å²) in [5.41, 5.74) is 2.97. The first-order chi connectivity index (χ1) is 11.6. The van der Waals surface area contributed by atoms with Gasteiger partial charge in [0.1, 0.15) is 0 Å². The minimum atomic E-state index is -1.01. The van der Waals surface area contributed by atoms with Gasteiger partial charge < -0.3 is 15.4 Å². The monoisotopic (exact) mass is 322 g/mol. The van der Waals surface area contributed by atoms with Crippen molar-refractivity contribution >= 4 is 28.5 Å². The van der Waals surface area contributed by atoms with Crippen LogP contribution < -0.4 is 5.32 Å². The van der Waals surface area contributed by atoms with Crippen LogP contribution in [-0.2, 0) is 11.2 Å². The van der Waals surface area contributed by atoms with Crippen LogP contribution in [0.3, 0.4) is 0 Å². The Bertz CT molecular complexity index is 883. The molecule has 0 aliphatic heterocycles. The molecule has 3 aromatic rings. The third kappa shape index (κ3) is 3.63. The number of carboxylic acids is 1. The van der Waals surface area contributed by atoms with E-state index in [0.29, 0.717) is 12.1 Å². The Morgan fingerprint density at radius 1 is 1.08 bits per heavy atom. The number of H-pyrrole nitrogens is 1. The number of carbonyl (C=O) groups excluding carboxylic acids is 1. The molecule has 2 aromatic carbocycles. The van der Waals surface area contributed by atoms with Gasteiger partial charge in [-0.25, -0.2) is 4.79 Å². The fraction of sp³-hybridized carbons (Fsp3) is 0.158. The number of benzene rings is 2. The van der Waals surface area contributed by atoms with Gasteiger partial charge in [-0.3, -0.25) is 4.79 Å². The third-order valence-corrected chi connectivity index (χ3v) is 3.92. The molecule has 0 saturated carbocycles. The predicted molar refractivity (Wildman–Crippen MR) is 93.3 cm³/mol. The highest BCUT2D eigenvalue weighted by atomic mass is 16.4. The molecule has 0 saturated heterocycles. The zero-order valence-corrected chi connectivity index (χ0v) is 13.1. The molecule has 0 spiro atoms. The van der Waals surface area contributed by atoms with Gasteiger partial charge in [0.25, 0.3) is 0 Å². The summed E-state index contributed by atoms with van der Waals surface area (Å²) < 4.78 is 0. The number of carbonyl (C=O) groups is 2. The van der Waals surface area contributed by atoms with Gasteiger partial charge in [-0.2, -0.15) is 0 Å². The molecule has 1 heterocycles. The second-order valence-corrected chi connectivity index (χ2v) is 5.65. The van der Waals surface area contributed by atoms with Crippen LogP contribution in [-0.4, -0.2) is 22.0 Å². The van der Waals surface area contributed by atoms with Crippen LogP contribution in [0.25, 0.3) is 10.9 Å². The molecule has 0 fully saturated rings. The molecule has 1 amide bonds. The second-order valence-electron chi connectivity index (χ2n) is 5.65. The second kappa shape index (κ2) is 7.00. The van der Waals surface area contributed by atoms with E-state index in [-0.39, 0.29) is 11.5 Å². The topological polar surface area (TPSA) is 82.2 Å². The van der Waals surface area contributed by atoms with Crippen molar-refractivity contribution in [2.75, 3.05) is 5.32 Å². The number of anilines is 1. The first-order valence-electron chi connectivity index (χ1n) is 7.82. The molecule has 122 valence electrons. The van der Waals surface area contributed by atoms with E-state index >= 15 is 0 Å². The van der Waals surface area contributed by atoms with Crippen LogP contribution in [0.2, 0.25) is 0 Å². The van der Waals surface area contributed by atoms with Crippen molar-refractivity contribution in [1.29, 1.82) is 0 Å². The summed E-state index contributed by atoms with van der Waals surface area (Å²) in [5.74, 6) is -1.12. The fourth-order valence-electron chi connectivity index (χ4n) is 2.73. The van der Waals surface area contributed by atoms with Crippen LogP contribution in [0.15, 0.2) is 54.7 Å². The number of hydrogen-bond acceptors (Lipinski definition) is 2. The van der Waals surface area contributed by atoms with Crippen LogP contribution in [0.5, 0.6) is 0 Å². The Balaban J connectivity index is 1.54. The predicted octanol–water partition coefficient (Wildman–Crippen LogP) is 3.83. The molecule has 5 heteroatoms. The van der Waals surface area contributed by atoms with Gasteiger partial charge in [-0.15, -0.1) is 0 Å². The molecule has 1 aromatic heterocycles. The van der Waals surface area contributed by atoms with Crippen molar-refractivity contribution in [3.05, 3.63) is 65.9 Å². The minimum absolute atomic E-state index is 0.114. The number of hydrogen-bond donors (Lipinski definition) is 3. The van der Waals surface area contributed by atoms with Crippen molar-refractivity contribution in [2.45, 2.75) is 19.3 Å². The SMILES string of the molecule is O=C(CCCc1c[nH]c2ccccc12)Nc1cccc(C(=O)O)c1. The summed E-state index contributed by atoms with van der Waals surface area (Å²) >= 11 is 0. The normalized spacial score (nSPS) is 10.7. The van der Waals surface area contributed by atoms with E-state index in [1.165, 1.54) is 23.1 Å². The van der Waals surface area contributed by atoms with Gasteiger partial charge in [-0.1, -0.05) is 24.3 Å². The number of aryl methyl sites for hydroxylation is 1. The molecule has 0 atom stereocenters. The van der Waals surface area contributed by atoms with Crippen LogP contribution >= 0.6 is 0 Å². The lowest BCUT2D eigenvalue weighted by Crippen LogP contribution is -2.12. The van der Waals surface area contributed by atoms with E-state index < -0.39 is 5.97 Å². The summed E-state index contributed by atoms with van der Waals surface area (Å²) in [6, 6.07) is 14.3. The van der Waals surface area contributed by atoms with Gasteiger partial charge in [0, 0.05) is 29.2 Å². The molecule has 0 radical (unpaired) electrons.